The summed E-state index contributed by atoms with van der Waals surface area (Å²) >= 11 is 0. The number of hydrogen-bond acceptors (Lipinski definition) is 3. The average Bonchev–Trinajstić information content (AvgIpc) is 2.43. The highest BCUT2D eigenvalue weighted by molar-refractivity contribution is 8.14. The van der Waals surface area contributed by atoms with E-state index in [0.29, 0.717) is 0 Å². The van der Waals surface area contributed by atoms with Gasteiger partial charge in [-0.1, -0.05) is 0 Å². The Morgan fingerprint density at radius 3 is 1.21 bits per heavy atom. The zero-order valence-corrected chi connectivity index (χ0v) is 13.7. The molecule has 0 aromatic rings. The van der Waals surface area contributed by atoms with Gasteiger partial charge in [0.1, 0.15) is 0 Å². The second-order valence-electron chi connectivity index (χ2n) is 4.75. The molecular weight excluding hydrogens is 516 g/mol. The Labute approximate surface area is 151 Å². The van der Waals surface area contributed by atoms with Gasteiger partial charge >= 0.3 is 50.3 Å². The Morgan fingerprint density at radius 2 is 0.931 bits per heavy atom. The summed E-state index contributed by atoms with van der Waals surface area (Å²) < 4.78 is 224. The summed E-state index contributed by atoms with van der Waals surface area (Å²) in [5.74, 6) is -33.2. The SMILES string of the molecule is O=S(=O)(Cl)C(F)(F)C(F)OC(F)(F)C(F)(F)C(F)(F)C(F)(F)C(F)(F)C(F)(F)F. The van der Waals surface area contributed by atoms with E-state index < -0.39 is 56.6 Å². The molecule has 21 heteroatoms. The molecule has 0 spiro atoms. The summed E-state index contributed by atoms with van der Waals surface area (Å²) in [4.78, 5) is 0. The van der Waals surface area contributed by atoms with E-state index >= 15 is 0 Å². The fourth-order valence-electron chi connectivity index (χ4n) is 1.14. The monoisotopic (exact) mass is 516 g/mol. The molecule has 0 radical (unpaired) electrons. The van der Waals surface area contributed by atoms with Crippen LogP contribution in [0.15, 0.2) is 0 Å². The molecule has 0 aliphatic heterocycles. The third-order valence-electron chi connectivity index (χ3n) is 2.75. The highest BCUT2D eigenvalue weighted by Crippen LogP contribution is 2.60. The molecule has 0 saturated carbocycles. The predicted molar refractivity (Wildman–Crippen MR) is 56.5 cm³/mol. The molecule has 0 aromatic heterocycles. The topological polar surface area (TPSA) is 43.4 Å². The fourth-order valence-corrected chi connectivity index (χ4v) is 1.62. The van der Waals surface area contributed by atoms with Crippen molar-refractivity contribution in [2.45, 2.75) is 47.6 Å². The van der Waals surface area contributed by atoms with Crippen molar-refractivity contribution in [3.05, 3.63) is 0 Å². The van der Waals surface area contributed by atoms with Crippen molar-refractivity contribution in [3.63, 3.8) is 0 Å². The molecule has 0 aliphatic rings. The predicted octanol–water partition coefficient (Wildman–Crippen LogP) is 5.16. The number of ether oxygens (including phenoxy) is 1. The fraction of sp³-hybridized carbons (Fsp3) is 1.00. The third-order valence-corrected chi connectivity index (χ3v) is 4.20. The molecular formula is C8HClF16O3S. The lowest BCUT2D eigenvalue weighted by atomic mass is 9.97. The van der Waals surface area contributed by atoms with Crippen LogP contribution in [-0.2, 0) is 13.8 Å². The molecule has 3 nitrogen and oxygen atoms in total. The third kappa shape index (κ3) is 4.15. The van der Waals surface area contributed by atoms with Gasteiger partial charge in [0.25, 0.3) is 6.36 Å². The Hall–Kier alpha value is -0.920. The maximum Gasteiger partial charge on any atom is 0.460 e. The quantitative estimate of drug-likeness (QED) is 0.331. The molecule has 0 N–H and O–H groups in total. The van der Waals surface area contributed by atoms with E-state index in [0.717, 1.165) is 0 Å². The van der Waals surface area contributed by atoms with Crippen molar-refractivity contribution in [2.75, 3.05) is 0 Å². The van der Waals surface area contributed by atoms with E-state index in [9.17, 15) is 78.7 Å². The largest absolute Gasteiger partial charge is 0.460 e. The van der Waals surface area contributed by atoms with Gasteiger partial charge in [-0.15, -0.1) is 0 Å². The molecule has 29 heavy (non-hydrogen) atoms. The maximum atomic E-state index is 13.0. The second kappa shape index (κ2) is 7.06. The van der Waals surface area contributed by atoms with E-state index in [-0.39, 0.29) is 0 Å². The Kier molecular flexibility index (Phi) is 6.84. The zero-order valence-electron chi connectivity index (χ0n) is 12.1. The van der Waals surface area contributed by atoms with E-state index in [1.807, 2.05) is 0 Å². The molecule has 1 atom stereocenters. The first-order valence-electron chi connectivity index (χ1n) is 5.72. The molecule has 0 fully saturated rings. The Bertz CT molecular complexity index is 712. The van der Waals surface area contributed by atoms with E-state index in [1.165, 1.54) is 0 Å². The minimum absolute atomic E-state index is 1.67. The molecule has 0 saturated heterocycles. The molecule has 0 bridgehead atoms. The molecule has 0 aromatic carbocycles. The van der Waals surface area contributed by atoms with Crippen molar-refractivity contribution in [2.24, 2.45) is 0 Å². The second-order valence-corrected chi connectivity index (χ2v) is 7.38. The molecule has 0 aliphatic carbocycles. The van der Waals surface area contributed by atoms with Crippen LogP contribution in [0.3, 0.4) is 0 Å². The van der Waals surface area contributed by atoms with Crippen LogP contribution in [0.2, 0.25) is 0 Å². The lowest BCUT2D eigenvalue weighted by Crippen LogP contribution is -2.70. The van der Waals surface area contributed by atoms with Gasteiger partial charge in [-0.25, -0.2) is 12.8 Å². The lowest BCUT2D eigenvalue weighted by Gasteiger charge is -2.39. The van der Waals surface area contributed by atoms with E-state index in [2.05, 4.69) is 10.7 Å². The van der Waals surface area contributed by atoms with Gasteiger partial charge in [0.15, 0.2) is 0 Å². The van der Waals surface area contributed by atoms with Crippen molar-refractivity contribution in [1.82, 2.24) is 0 Å². The van der Waals surface area contributed by atoms with Crippen LogP contribution in [0.5, 0.6) is 0 Å². The molecule has 0 heterocycles. The molecule has 0 rings (SSSR count). The van der Waals surface area contributed by atoms with Crippen molar-refractivity contribution < 1.29 is 83.4 Å². The Balaban J connectivity index is 6.32. The van der Waals surface area contributed by atoms with Gasteiger partial charge in [-0.05, 0) is 0 Å². The molecule has 1 unspecified atom stereocenters. The van der Waals surface area contributed by atoms with Gasteiger partial charge in [0, 0.05) is 10.7 Å². The highest BCUT2D eigenvalue weighted by Gasteiger charge is 2.91. The number of alkyl halides is 16. The van der Waals surface area contributed by atoms with E-state index in [1.54, 1.807) is 4.74 Å². The highest BCUT2D eigenvalue weighted by atomic mass is 35.7. The van der Waals surface area contributed by atoms with Crippen LogP contribution >= 0.6 is 10.7 Å². The summed E-state index contributed by atoms with van der Waals surface area (Å²) in [5, 5.41) is -6.43. The standard InChI is InChI=1S/C8HClF16O3S/c9-29(26,27)2(11,12)1(10)28-8(24,25)6(19,20)4(15,16)3(13,14)5(17,18)7(21,22)23/h1H. The number of rotatable bonds is 8. The van der Waals surface area contributed by atoms with Crippen LogP contribution in [0.4, 0.5) is 70.2 Å². The molecule has 0 amide bonds. The van der Waals surface area contributed by atoms with Crippen LogP contribution in [0.1, 0.15) is 0 Å². The van der Waals surface area contributed by atoms with Crippen molar-refractivity contribution >= 4 is 19.7 Å². The van der Waals surface area contributed by atoms with Gasteiger partial charge in [0.2, 0.25) is 0 Å². The van der Waals surface area contributed by atoms with Crippen LogP contribution in [-0.4, -0.2) is 56.0 Å². The van der Waals surface area contributed by atoms with Gasteiger partial charge < -0.3 is 0 Å². The van der Waals surface area contributed by atoms with Crippen LogP contribution in [0.25, 0.3) is 0 Å². The first-order valence-corrected chi connectivity index (χ1v) is 8.03. The van der Waals surface area contributed by atoms with Crippen LogP contribution in [0, 0.1) is 0 Å². The zero-order chi connectivity index (χ0) is 24.3. The van der Waals surface area contributed by atoms with Crippen molar-refractivity contribution in [3.8, 4) is 0 Å². The number of halogens is 17. The van der Waals surface area contributed by atoms with Crippen LogP contribution < -0.4 is 0 Å². The van der Waals surface area contributed by atoms with Crippen molar-refractivity contribution in [1.29, 1.82) is 0 Å². The molecule has 176 valence electrons. The normalized spacial score (nSPS) is 17.4. The smallest absolute Gasteiger partial charge is 0.273 e. The van der Waals surface area contributed by atoms with Gasteiger partial charge in [0.05, 0.1) is 0 Å². The summed E-state index contributed by atoms with van der Waals surface area (Å²) in [6, 6.07) is 0. The first kappa shape index (κ1) is 28.1. The number of hydrogen-bond donors (Lipinski definition) is 0. The first-order chi connectivity index (χ1) is 12.1. The summed E-state index contributed by atoms with van der Waals surface area (Å²) in [7, 11) is -2.86. The minimum Gasteiger partial charge on any atom is -0.273 e. The Morgan fingerprint density at radius 1 is 0.621 bits per heavy atom. The lowest BCUT2D eigenvalue weighted by molar-refractivity contribution is -0.476. The maximum absolute atomic E-state index is 13.0. The average molecular weight is 517 g/mol. The van der Waals surface area contributed by atoms with E-state index in [4.69, 9.17) is 0 Å². The summed E-state index contributed by atoms with van der Waals surface area (Å²) in [5.41, 5.74) is 0. The van der Waals surface area contributed by atoms with Gasteiger partial charge in [-0.3, -0.25) is 4.74 Å². The summed E-state index contributed by atoms with van der Waals surface area (Å²) in [6.07, 6.45) is -21.1. The summed E-state index contributed by atoms with van der Waals surface area (Å²) in [6.45, 7) is 0. The minimum atomic E-state index is -8.45. The van der Waals surface area contributed by atoms with Gasteiger partial charge in [-0.2, -0.15) is 65.9 Å².